The Morgan fingerprint density at radius 2 is 1.77 bits per heavy atom. The number of amides is 1. The van der Waals surface area contributed by atoms with Crippen molar-refractivity contribution in [2.24, 2.45) is 4.99 Å². The van der Waals surface area contributed by atoms with Crippen LogP contribution in [0.25, 0.3) is 17.0 Å². The number of aliphatic imine (C=N–C) groups is 1. The van der Waals surface area contributed by atoms with E-state index in [1.165, 1.54) is 11.8 Å². The number of aryl methyl sites for hydroxylation is 2. The van der Waals surface area contributed by atoms with Crippen molar-refractivity contribution >= 4 is 68.7 Å². The van der Waals surface area contributed by atoms with E-state index in [9.17, 15) is 9.59 Å². The minimum absolute atomic E-state index is 0.155. The van der Waals surface area contributed by atoms with Crippen LogP contribution in [0.4, 0.5) is 5.69 Å². The highest BCUT2D eigenvalue weighted by molar-refractivity contribution is 8.18. The van der Waals surface area contributed by atoms with Crippen LogP contribution in [0, 0.1) is 20.8 Å². The number of thioether (sulfide) groups is 1. The van der Waals surface area contributed by atoms with Crippen molar-refractivity contribution in [3.05, 3.63) is 96.6 Å². The van der Waals surface area contributed by atoms with Gasteiger partial charge in [0.25, 0.3) is 11.5 Å². The molecule has 0 atom stereocenters. The van der Waals surface area contributed by atoms with Crippen molar-refractivity contribution in [3.8, 4) is 0 Å². The molecular formula is C25H19Cl2N5O2S. The second-order valence-corrected chi connectivity index (χ2v) is 9.86. The SMILES string of the molecule is Cc1cc(C=C2SC(=Nc3ccc(Cl)c(Cl)c3)NC2=O)c(C)n1-n1c(C)nc2ccccc2c1=O. The van der Waals surface area contributed by atoms with Gasteiger partial charge in [-0.05, 0) is 80.6 Å². The van der Waals surface area contributed by atoms with Crippen LogP contribution < -0.4 is 10.9 Å². The van der Waals surface area contributed by atoms with E-state index in [2.05, 4.69) is 15.3 Å². The lowest BCUT2D eigenvalue weighted by Gasteiger charge is -2.16. The Bertz CT molecular complexity index is 1650. The number of hydrogen-bond donors (Lipinski definition) is 1. The molecule has 1 N–H and O–H groups in total. The number of amidine groups is 1. The zero-order valence-electron chi connectivity index (χ0n) is 19.0. The molecule has 0 spiro atoms. The van der Waals surface area contributed by atoms with Gasteiger partial charge in [-0.25, -0.2) is 9.98 Å². The molecule has 35 heavy (non-hydrogen) atoms. The lowest BCUT2D eigenvalue weighted by atomic mass is 10.2. The third kappa shape index (κ3) is 4.29. The van der Waals surface area contributed by atoms with E-state index < -0.39 is 0 Å². The number of aromatic nitrogens is 3. The van der Waals surface area contributed by atoms with E-state index in [1.807, 2.05) is 42.8 Å². The number of rotatable bonds is 3. The van der Waals surface area contributed by atoms with Crippen LogP contribution in [0.3, 0.4) is 0 Å². The molecule has 5 rings (SSSR count). The fourth-order valence-corrected chi connectivity index (χ4v) is 5.12. The fraction of sp³-hybridized carbons (Fsp3) is 0.120. The quantitative estimate of drug-likeness (QED) is 0.352. The first-order valence-electron chi connectivity index (χ1n) is 10.7. The van der Waals surface area contributed by atoms with Crippen LogP contribution in [0.1, 0.15) is 22.8 Å². The molecule has 1 amide bonds. The van der Waals surface area contributed by atoms with Gasteiger partial charge in [0.15, 0.2) is 5.17 Å². The van der Waals surface area contributed by atoms with Gasteiger partial charge >= 0.3 is 0 Å². The molecule has 4 aromatic rings. The smallest absolute Gasteiger partial charge is 0.280 e. The minimum atomic E-state index is -0.251. The van der Waals surface area contributed by atoms with Crippen LogP contribution in [0.2, 0.25) is 10.0 Å². The van der Waals surface area contributed by atoms with Gasteiger partial charge in [0, 0.05) is 11.4 Å². The van der Waals surface area contributed by atoms with Crippen LogP contribution in [-0.4, -0.2) is 25.4 Å². The molecule has 1 saturated heterocycles. The Morgan fingerprint density at radius 3 is 2.54 bits per heavy atom. The number of fused-ring (bicyclic) bond motifs is 1. The summed E-state index contributed by atoms with van der Waals surface area (Å²) < 4.78 is 3.39. The minimum Gasteiger partial charge on any atom is -0.300 e. The zero-order chi connectivity index (χ0) is 24.9. The summed E-state index contributed by atoms with van der Waals surface area (Å²) in [7, 11) is 0. The largest absolute Gasteiger partial charge is 0.300 e. The Morgan fingerprint density at radius 1 is 1.00 bits per heavy atom. The van der Waals surface area contributed by atoms with Gasteiger partial charge in [-0.2, -0.15) is 4.68 Å². The van der Waals surface area contributed by atoms with Crippen molar-refractivity contribution in [2.45, 2.75) is 20.8 Å². The molecule has 2 aromatic carbocycles. The first kappa shape index (κ1) is 23.4. The second-order valence-electron chi connectivity index (χ2n) is 8.01. The van der Waals surface area contributed by atoms with Crippen molar-refractivity contribution in [2.75, 3.05) is 0 Å². The van der Waals surface area contributed by atoms with Crippen molar-refractivity contribution in [1.29, 1.82) is 0 Å². The van der Waals surface area contributed by atoms with Crippen LogP contribution in [0.5, 0.6) is 0 Å². The number of benzene rings is 2. The van der Waals surface area contributed by atoms with Crippen molar-refractivity contribution < 1.29 is 4.79 Å². The first-order valence-corrected chi connectivity index (χ1v) is 12.2. The molecule has 0 radical (unpaired) electrons. The standard InChI is InChI=1S/C25H19Cl2N5O2S/c1-13-10-16(11-22-23(33)30-25(35-22)29-17-8-9-19(26)20(27)12-17)14(2)31(13)32-15(3)28-21-7-5-4-6-18(21)24(32)34/h4-12H,1-3H3,(H,29,30,33). The normalized spacial score (nSPS) is 16.0. The highest BCUT2D eigenvalue weighted by Gasteiger charge is 2.25. The van der Waals surface area contributed by atoms with E-state index in [-0.39, 0.29) is 11.5 Å². The lowest BCUT2D eigenvalue weighted by molar-refractivity contribution is -0.115. The maximum atomic E-state index is 13.3. The fourth-order valence-electron chi connectivity index (χ4n) is 4.00. The van der Waals surface area contributed by atoms with Gasteiger partial charge in [0.1, 0.15) is 5.82 Å². The zero-order valence-corrected chi connectivity index (χ0v) is 21.3. The Hall–Kier alpha value is -3.33. The average molecular weight is 524 g/mol. The summed E-state index contributed by atoms with van der Waals surface area (Å²) in [5.41, 5.74) is 3.54. The van der Waals surface area contributed by atoms with Gasteiger partial charge in [0.2, 0.25) is 0 Å². The third-order valence-electron chi connectivity index (χ3n) is 5.62. The molecular weight excluding hydrogens is 505 g/mol. The monoisotopic (exact) mass is 523 g/mol. The predicted octanol–water partition coefficient (Wildman–Crippen LogP) is 5.63. The second kappa shape index (κ2) is 9.03. The molecule has 2 aromatic heterocycles. The molecule has 7 nitrogen and oxygen atoms in total. The van der Waals surface area contributed by atoms with Gasteiger partial charge < -0.3 is 5.32 Å². The summed E-state index contributed by atoms with van der Waals surface area (Å²) in [6, 6.07) is 14.2. The summed E-state index contributed by atoms with van der Waals surface area (Å²) >= 11 is 13.3. The highest BCUT2D eigenvalue weighted by Crippen LogP contribution is 2.31. The number of para-hydroxylation sites is 1. The Kier molecular flexibility index (Phi) is 6.04. The molecule has 0 aliphatic carbocycles. The summed E-state index contributed by atoms with van der Waals surface area (Å²) in [6.07, 6.45) is 1.80. The Labute approximate surface area is 215 Å². The number of halogens is 2. The summed E-state index contributed by atoms with van der Waals surface area (Å²) in [6.45, 7) is 5.62. The Balaban J connectivity index is 1.53. The van der Waals surface area contributed by atoms with E-state index in [1.54, 1.807) is 41.9 Å². The van der Waals surface area contributed by atoms with Crippen LogP contribution >= 0.6 is 35.0 Å². The maximum absolute atomic E-state index is 13.3. The maximum Gasteiger partial charge on any atom is 0.280 e. The summed E-state index contributed by atoms with van der Waals surface area (Å²) in [5.74, 6) is 0.318. The van der Waals surface area contributed by atoms with E-state index in [4.69, 9.17) is 23.2 Å². The van der Waals surface area contributed by atoms with Gasteiger partial charge in [0.05, 0.1) is 31.5 Å². The molecule has 1 fully saturated rings. The third-order valence-corrected chi connectivity index (χ3v) is 7.27. The van der Waals surface area contributed by atoms with Gasteiger partial charge in [-0.3, -0.25) is 14.3 Å². The number of carbonyl (C=O) groups is 1. The molecule has 176 valence electrons. The number of carbonyl (C=O) groups excluding carboxylic acids is 1. The molecule has 0 unspecified atom stereocenters. The summed E-state index contributed by atoms with van der Waals surface area (Å²) in [4.78, 5) is 35.5. The van der Waals surface area contributed by atoms with Crippen LogP contribution in [-0.2, 0) is 4.79 Å². The van der Waals surface area contributed by atoms with E-state index in [0.717, 1.165) is 17.0 Å². The first-order chi connectivity index (χ1) is 16.7. The van der Waals surface area contributed by atoms with Gasteiger partial charge in [-0.1, -0.05) is 35.3 Å². The predicted molar refractivity (Wildman–Crippen MR) is 143 cm³/mol. The summed E-state index contributed by atoms with van der Waals surface area (Å²) in [5, 5.41) is 4.58. The highest BCUT2D eigenvalue weighted by atomic mass is 35.5. The molecule has 1 aliphatic rings. The molecule has 10 heteroatoms. The molecule has 3 heterocycles. The lowest BCUT2D eigenvalue weighted by Crippen LogP contribution is -2.30. The number of nitrogens with one attached hydrogen (secondary N) is 1. The topological polar surface area (TPSA) is 81.3 Å². The van der Waals surface area contributed by atoms with Crippen LogP contribution in [0.15, 0.2) is 63.2 Å². The van der Waals surface area contributed by atoms with Crippen molar-refractivity contribution in [3.63, 3.8) is 0 Å². The number of hydrogen-bond acceptors (Lipinski definition) is 5. The van der Waals surface area contributed by atoms with E-state index in [0.29, 0.717) is 42.5 Å². The molecule has 0 saturated carbocycles. The van der Waals surface area contributed by atoms with Crippen molar-refractivity contribution in [1.82, 2.24) is 19.7 Å². The molecule has 0 bridgehead atoms. The van der Waals surface area contributed by atoms with E-state index >= 15 is 0 Å². The average Bonchev–Trinajstić information content (AvgIpc) is 3.29. The van der Waals surface area contributed by atoms with Gasteiger partial charge in [-0.15, -0.1) is 0 Å². The molecule has 1 aliphatic heterocycles. The number of nitrogens with zero attached hydrogens (tertiary/aromatic N) is 4.